The first-order chi connectivity index (χ1) is 22.8. The zero-order valence-corrected chi connectivity index (χ0v) is 25.1. The van der Waals surface area contributed by atoms with Gasteiger partial charge in [-0.25, -0.2) is 0 Å². The Kier molecular flexibility index (Phi) is 6.17. The number of fused-ring (bicyclic) bond motifs is 5. The summed E-state index contributed by atoms with van der Waals surface area (Å²) in [5, 5.41) is 7.12. The maximum Gasteiger partial charge on any atom is 0.143 e. The molecule has 8 aromatic carbocycles. The average Bonchev–Trinajstić information content (AvgIpc) is 3.51. The van der Waals surface area contributed by atoms with E-state index in [0.717, 1.165) is 50.1 Å². The molecule has 216 valence electrons. The van der Waals surface area contributed by atoms with E-state index in [2.05, 4.69) is 181 Å². The van der Waals surface area contributed by atoms with Crippen LogP contribution in [0.5, 0.6) is 0 Å². The molecule has 0 N–H and O–H groups in total. The zero-order valence-electron chi connectivity index (χ0n) is 25.1. The Balaban J connectivity index is 1.20. The molecule has 9 rings (SSSR count). The van der Waals surface area contributed by atoms with Crippen LogP contribution in [0.1, 0.15) is 0 Å². The minimum absolute atomic E-state index is 0.896. The molecule has 2 nitrogen and oxygen atoms in total. The van der Waals surface area contributed by atoms with Crippen LogP contribution in [0.25, 0.3) is 65.7 Å². The molecule has 0 radical (unpaired) electrons. The number of para-hydroxylation sites is 3. The van der Waals surface area contributed by atoms with Crippen molar-refractivity contribution < 1.29 is 4.42 Å². The molecule has 0 amide bonds. The van der Waals surface area contributed by atoms with E-state index in [4.69, 9.17) is 4.42 Å². The van der Waals surface area contributed by atoms with Gasteiger partial charge in [-0.1, -0.05) is 127 Å². The highest BCUT2D eigenvalue weighted by atomic mass is 16.3. The lowest BCUT2D eigenvalue weighted by molar-refractivity contribution is 0.670. The van der Waals surface area contributed by atoms with Gasteiger partial charge in [-0.2, -0.15) is 0 Å². The van der Waals surface area contributed by atoms with E-state index in [1.165, 1.54) is 32.7 Å². The monoisotopic (exact) mass is 587 g/mol. The molecule has 0 unspecified atom stereocenters. The van der Waals surface area contributed by atoms with Gasteiger partial charge in [0.2, 0.25) is 0 Å². The van der Waals surface area contributed by atoms with E-state index in [-0.39, 0.29) is 0 Å². The van der Waals surface area contributed by atoms with Gasteiger partial charge in [-0.15, -0.1) is 0 Å². The van der Waals surface area contributed by atoms with Crippen molar-refractivity contribution >= 4 is 60.5 Å². The first-order valence-corrected chi connectivity index (χ1v) is 15.7. The predicted molar refractivity (Wildman–Crippen MR) is 194 cm³/mol. The van der Waals surface area contributed by atoms with Crippen LogP contribution in [0, 0.1) is 0 Å². The van der Waals surface area contributed by atoms with Gasteiger partial charge in [-0.05, 0) is 81.4 Å². The molecule has 1 aromatic heterocycles. The minimum Gasteiger partial charge on any atom is -0.455 e. The van der Waals surface area contributed by atoms with E-state index < -0.39 is 0 Å². The molecule has 1 heterocycles. The van der Waals surface area contributed by atoms with Gasteiger partial charge >= 0.3 is 0 Å². The van der Waals surface area contributed by atoms with Crippen LogP contribution < -0.4 is 4.90 Å². The summed E-state index contributed by atoms with van der Waals surface area (Å²) in [6, 6.07) is 62.6. The lowest BCUT2D eigenvalue weighted by atomic mass is 9.95. The average molecular weight is 588 g/mol. The number of rotatable bonds is 5. The number of nitrogens with zero attached hydrogens (tertiary/aromatic N) is 1. The van der Waals surface area contributed by atoms with Crippen molar-refractivity contribution in [2.45, 2.75) is 0 Å². The predicted octanol–water partition coefficient (Wildman–Crippen LogP) is 12.7. The maximum absolute atomic E-state index is 6.57. The number of furan rings is 1. The third kappa shape index (κ3) is 4.35. The molecule has 0 saturated heterocycles. The highest BCUT2D eigenvalue weighted by Crippen LogP contribution is 2.43. The molecule has 0 aliphatic rings. The van der Waals surface area contributed by atoms with Gasteiger partial charge in [0.25, 0.3) is 0 Å². The molecule has 0 saturated carbocycles. The Hall–Kier alpha value is -6.12. The summed E-state index contributed by atoms with van der Waals surface area (Å²) in [7, 11) is 0. The molecular formula is C44H29NO. The standard InChI is InChI=1S/C44H29NO/c1-3-14-34(15-4-1)45(35-16-5-2-6-17-35)42-23-11-20-38-36(18-9-21-39(38)42)33-26-27-43-41(29-33)40-22-10-19-37(44(40)46-43)32-25-24-30-12-7-8-13-31(30)28-32/h1-29H. The van der Waals surface area contributed by atoms with Gasteiger partial charge < -0.3 is 9.32 Å². The number of benzene rings is 8. The van der Waals surface area contributed by atoms with Gasteiger partial charge in [-0.3, -0.25) is 0 Å². The quantitative estimate of drug-likeness (QED) is 0.199. The van der Waals surface area contributed by atoms with Crippen LogP contribution in [0.15, 0.2) is 180 Å². The van der Waals surface area contributed by atoms with Crippen LogP contribution in [0.2, 0.25) is 0 Å². The summed E-state index contributed by atoms with van der Waals surface area (Å²) in [4.78, 5) is 2.34. The van der Waals surface area contributed by atoms with Crippen LogP contribution in [0.4, 0.5) is 17.1 Å². The first-order valence-electron chi connectivity index (χ1n) is 15.7. The van der Waals surface area contributed by atoms with Gasteiger partial charge in [0.1, 0.15) is 11.2 Å². The fourth-order valence-corrected chi connectivity index (χ4v) is 6.87. The van der Waals surface area contributed by atoms with Crippen LogP contribution in [-0.2, 0) is 0 Å². The summed E-state index contributed by atoms with van der Waals surface area (Å²) in [6.07, 6.45) is 0. The van der Waals surface area contributed by atoms with Crippen molar-refractivity contribution in [1.82, 2.24) is 0 Å². The first kappa shape index (κ1) is 26.3. The Morgan fingerprint density at radius 1 is 0.370 bits per heavy atom. The molecule has 0 atom stereocenters. The highest BCUT2D eigenvalue weighted by molar-refractivity contribution is 6.12. The van der Waals surface area contributed by atoms with Crippen molar-refractivity contribution in [3.63, 3.8) is 0 Å². The van der Waals surface area contributed by atoms with Crippen LogP contribution in [0.3, 0.4) is 0 Å². The summed E-state index contributed by atoms with van der Waals surface area (Å²) in [5.74, 6) is 0. The van der Waals surface area contributed by atoms with Gasteiger partial charge in [0.15, 0.2) is 0 Å². The SMILES string of the molecule is c1ccc(N(c2ccccc2)c2cccc3c(-c4ccc5oc6c(-c7ccc8ccccc8c7)cccc6c5c4)cccc23)cc1. The second kappa shape index (κ2) is 10.8. The zero-order chi connectivity index (χ0) is 30.5. The lowest BCUT2D eigenvalue weighted by Gasteiger charge is -2.27. The van der Waals surface area contributed by atoms with Crippen LogP contribution in [-0.4, -0.2) is 0 Å². The minimum atomic E-state index is 0.896. The van der Waals surface area contributed by atoms with Crippen molar-refractivity contribution in [2.75, 3.05) is 4.90 Å². The van der Waals surface area contributed by atoms with E-state index in [1.807, 2.05) is 0 Å². The summed E-state index contributed by atoms with van der Waals surface area (Å²) in [6.45, 7) is 0. The van der Waals surface area contributed by atoms with Crippen LogP contribution >= 0.6 is 0 Å². The van der Waals surface area contributed by atoms with Gasteiger partial charge in [0, 0.05) is 33.1 Å². The molecule has 0 bridgehead atoms. The summed E-state index contributed by atoms with van der Waals surface area (Å²) < 4.78 is 6.57. The smallest absolute Gasteiger partial charge is 0.143 e. The largest absolute Gasteiger partial charge is 0.455 e. The van der Waals surface area contributed by atoms with Crippen molar-refractivity contribution in [3.8, 4) is 22.3 Å². The second-order valence-corrected chi connectivity index (χ2v) is 11.7. The van der Waals surface area contributed by atoms with Crippen molar-refractivity contribution in [1.29, 1.82) is 0 Å². The van der Waals surface area contributed by atoms with Crippen molar-refractivity contribution in [3.05, 3.63) is 176 Å². The van der Waals surface area contributed by atoms with Crippen molar-refractivity contribution in [2.24, 2.45) is 0 Å². The Labute approximate surface area is 267 Å². The molecule has 0 aliphatic carbocycles. The third-order valence-corrected chi connectivity index (χ3v) is 9.04. The Morgan fingerprint density at radius 3 is 1.76 bits per heavy atom. The molecule has 2 heteroatoms. The Morgan fingerprint density at radius 2 is 0.978 bits per heavy atom. The normalized spacial score (nSPS) is 11.5. The molecule has 0 spiro atoms. The third-order valence-electron chi connectivity index (χ3n) is 9.04. The molecule has 46 heavy (non-hydrogen) atoms. The van der Waals surface area contributed by atoms with E-state index in [0.29, 0.717) is 0 Å². The van der Waals surface area contributed by atoms with Gasteiger partial charge in [0.05, 0.1) is 5.69 Å². The Bertz CT molecular complexity index is 2490. The van der Waals surface area contributed by atoms with E-state index >= 15 is 0 Å². The number of hydrogen-bond acceptors (Lipinski definition) is 2. The highest BCUT2D eigenvalue weighted by Gasteiger charge is 2.18. The molecule has 9 aromatic rings. The topological polar surface area (TPSA) is 16.4 Å². The molecule has 0 aliphatic heterocycles. The number of anilines is 3. The maximum atomic E-state index is 6.57. The lowest BCUT2D eigenvalue weighted by Crippen LogP contribution is -2.10. The molecule has 0 fully saturated rings. The summed E-state index contributed by atoms with van der Waals surface area (Å²) in [5.41, 5.74) is 9.84. The fourth-order valence-electron chi connectivity index (χ4n) is 6.87. The molecular weight excluding hydrogens is 558 g/mol. The fraction of sp³-hybridized carbons (Fsp3) is 0. The van der Waals surface area contributed by atoms with E-state index in [1.54, 1.807) is 0 Å². The summed E-state index contributed by atoms with van der Waals surface area (Å²) >= 11 is 0. The number of hydrogen-bond donors (Lipinski definition) is 0. The second-order valence-electron chi connectivity index (χ2n) is 11.7. The van der Waals surface area contributed by atoms with E-state index in [9.17, 15) is 0 Å².